The number of anilines is 1. The summed E-state index contributed by atoms with van der Waals surface area (Å²) in [5.41, 5.74) is 1.53. The second kappa shape index (κ2) is 6.38. The summed E-state index contributed by atoms with van der Waals surface area (Å²) in [5, 5.41) is 14.3. The highest BCUT2D eigenvalue weighted by molar-refractivity contribution is 6.33. The molecule has 106 valence electrons. The molecule has 0 unspecified atom stereocenters. The molecule has 1 aromatic heterocycles. The second-order valence-corrected chi connectivity index (χ2v) is 4.86. The molecule has 0 amide bonds. The zero-order valence-electron chi connectivity index (χ0n) is 11.0. The fourth-order valence-corrected chi connectivity index (χ4v) is 2.28. The smallest absolute Gasteiger partial charge is 0.271 e. The minimum Gasteiger partial charge on any atom is -0.384 e. The SMILES string of the molecule is Cc1cc([N+](=O)[O-])cc(Cl)c1NCCCn1ccnc1. The minimum atomic E-state index is -0.443. The molecular formula is C13H15ClN4O2. The van der Waals surface area contributed by atoms with Crippen LogP contribution in [-0.2, 0) is 6.54 Å². The van der Waals surface area contributed by atoms with Crippen LogP contribution in [0.1, 0.15) is 12.0 Å². The summed E-state index contributed by atoms with van der Waals surface area (Å²) in [5.74, 6) is 0. The van der Waals surface area contributed by atoms with E-state index in [4.69, 9.17) is 11.6 Å². The van der Waals surface area contributed by atoms with E-state index in [1.807, 2.05) is 10.8 Å². The quantitative estimate of drug-likeness (QED) is 0.504. The van der Waals surface area contributed by atoms with E-state index in [0.29, 0.717) is 5.02 Å². The number of halogens is 1. The van der Waals surface area contributed by atoms with Gasteiger partial charge in [0.2, 0.25) is 0 Å². The summed E-state index contributed by atoms with van der Waals surface area (Å²) in [7, 11) is 0. The van der Waals surface area contributed by atoms with Gasteiger partial charge in [0.15, 0.2) is 0 Å². The van der Waals surface area contributed by atoms with Crippen LogP contribution in [0.25, 0.3) is 0 Å². The molecule has 0 radical (unpaired) electrons. The van der Waals surface area contributed by atoms with Crippen LogP contribution in [-0.4, -0.2) is 21.0 Å². The lowest BCUT2D eigenvalue weighted by atomic mass is 10.1. The van der Waals surface area contributed by atoms with Crippen LogP contribution >= 0.6 is 11.6 Å². The van der Waals surface area contributed by atoms with Gasteiger partial charge in [0.05, 0.1) is 22.0 Å². The summed E-state index contributed by atoms with van der Waals surface area (Å²) in [6, 6.07) is 2.89. The second-order valence-electron chi connectivity index (χ2n) is 4.46. The van der Waals surface area contributed by atoms with Gasteiger partial charge < -0.3 is 9.88 Å². The summed E-state index contributed by atoms with van der Waals surface area (Å²) >= 11 is 6.08. The van der Waals surface area contributed by atoms with Gasteiger partial charge in [-0.05, 0) is 18.9 Å². The molecule has 20 heavy (non-hydrogen) atoms. The molecular weight excluding hydrogens is 280 g/mol. The summed E-state index contributed by atoms with van der Waals surface area (Å²) in [4.78, 5) is 14.3. The number of rotatable bonds is 6. The number of non-ortho nitro benzene ring substituents is 1. The number of nitrogens with one attached hydrogen (secondary N) is 1. The molecule has 0 spiro atoms. The van der Waals surface area contributed by atoms with Crippen LogP contribution < -0.4 is 5.32 Å². The third-order valence-corrected chi connectivity index (χ3v) is 3.24. The number of nitro groups is 1. The average molecular weight is 295 g/mol. The van der Waals surface area contributed by atoms with Gasteiger partial charge in [0.1, 0.15) is 0 Å². The number of nitro benzene ring substituents is 1. The Hall–Kier alpha value is -2.08. The molecule has 1 N–H and O–H groups in total. The van der Waals surface area contributed by atoms with Crippen molar-refractivity contribution in [2.24, 2.45) is 0 Å². The van der Waals surface area contributed by atoms with Gasteiger partial charge in [0.25, 0.3) is 5.69 Å². The van der Waals surface area contributed by atoms with Crippen LogP contribution in [0.4, 0.5) is 11.4 Å². The van der Waals surface area contributed by atoms with Gasteiger partial charge in [-0.15, -0.1) is 0 Å². The first kappa shape index (κ1) is 14.3. The third-order valence-electron chi connectivity index (χ3n) is 2.94. The van der Waals surface area contributed by atoms with Crippen LogP contribution in [0.3, 0.4) is 0 Å². The monoisotopic (exact) mass is 294 g/mol. The van der Waals surface area contributed by atoms with Crippen LogP contribution in [0.2, 0.25) is 5.02 Å². The van der Waals surface area contributed by atoms with E-state index in [1.54, 1.807) is 19.4 Å². The Morgan fingerprint density at radius 3 is 2.90 bits per heavy atom. The van der Waals surface area contributed by atoms with Crippen LogP contribution in [0.15, 0.2) is 30.9 Å². The predicted molar refractivity (Wildman–Crippen MR) is 78.2 cm³/mol. The van der Waals surface area contributed by atoms with Crippen molar-refractivity contribution in [1.29, 1.82) is 0 Å². The Kier molecular flexibility index (Phi) is 4.57. The number of hydrogen-bond donors (Lipinski definition) is 1. The molecule has 2 aromatic rings. The predicted octanol–water partition coefficient (Wildman–Crippen LogP) is 3.26. The van der Waals surface area contributed by atoms with Gasteiger partial charge in [-0.1, -0.05) is 11.6 Å². The van der Waals surface area contributed by atoms with Crippen molar-refractivity contribution in [2.45, 2.75) is 19.9 Å². The molecule has 0 aliphatic carbocycles. The first-order valence-corrected chi connectivity index (χ1v) is 6.60. The lowest BCUT2D eigenvalue weighted by Crippen LogP contribution is -2.07. The summed E-state index contributed by atoms with van der Waals surface area (Å²) < 4.78 is 1.99. The lowest BCUT2D eigenvalue weighted by molar-refractivity contribution is -0.384. The van der Waals surface area contributed by atoms with E-state index in [9.17, 15) is 10.1 Å². The molecule has 7 heteroatoms. The molecule has 0 saturated carbocycles. The Bertz CT molecular complexity index is 575. The van der Waals surface area contributed by atoms with Gasteiger partial charge >= 0.3 is 0 Å². The largest absolute Gasteiger partial charge is 0.384 e. The van der Waals surface area contributed by atoms with Crippen molar-refractivity contribution < 1.29 is 4.92 Å². The first-order valence-electron chi connectivity index (χ1n) is 6.22. The van der Waals surface area contributed by atoms with Crippen molar-refractivity contribution in [2.75, 3.05) is 11.9 Å². The van der Waals surface area contributed by atoms with E-state index >= 15 is 0 Å². The third kappa shape index (κ3) is 3.48. The molecule has 0 atom stereocenters. The van der Waals surface area contributed by atoms with E-state index in [0.717, 1.165) is 30.8 Å². The standard InChI is InChI=1S/C13H15ClN4O2/c1-10-7-11(18(19)20)8-12(14)13(10)16-3-2-5-17-6-4-15-9-17/h4,6-9,16H,2-3,5H2,1H3. The Morgan fingerprint density at radius 2 is 2.30 bits per heavy atom. The molecule has 6 nitrogen and oxygen atoms in total. The molecule has 1 aromatic carbocycles. The number of aryl methyl sites for hydroxylation is 2. The van der Waals surface area contributed by atoms with E-state index in [2.05, 4.69) is 10.3 Å². The molecule has 1 heterocycles. The molecule has 0 fully saturated rings. The van der Waals surface area contributed by atoms with Crippen molar-refractivity contribution >= 4 is 23.0 Å². The number of hydrogen-bond acceptors (Lipinski definition) is 4. The number of benzene rings is 1. The van der Waals surface area contributed by atoms with Crippen molar-refractivity contribution in [1.82, 2.24) is 9.55 Å². The Morgan fingerprint density at radius 1 is 1.50 bits per heavy atom. The molecule has 0 bridgehead atoms. The van der Waals surface area contributed by atoms with Gasteiger partial charge in [0, 0.05) is 37.6 Å². The number of aromatic nitrogens is 2. The van der Waals surface area contributed by atoms with Gasteiger partial charge in [-0.25, -0.2) is 4.98 Å². The zero-order chi connectivity index (χ0) is 14.5. The lowest BCUT2D eigenvalue weighted by Gasteiger charge is -2.11. The topological polar surface area (TPSA) is 73.0 Å². The van der Waals surface area contributed by atoms with E-state index in [1.165, 1.54) is 12.1 Å². The van der Waals surface area contributed by atoms with Crippen LogP contribution in [0.5, 0.6) is 0 Å². The van der Waals surface area contributed by atoms with Gasteiger partial charge in [-0.3, -0.25) is 10.1 Å². The maximum absolute atomic E-state index is 10.7. The Balaban J connectivity index is 1.94. The Labute approximate surface area is 121 Å². The number of nitrogens with zero attached hydrogens (tertiary/aromatic N) is 3. The molecule has 2 rings (SSSR count). The van der Waals surface area contributed by atoms with Crippen molar-refractivity contribution in [3.05, 3.63) is 51.6 Å². The summed E-state index contributed by atoms with van der Waals surface area (Å²) in [6.45, 7) is 3.39. The maximum atomic E-state index is 10.7. The maximum Gasteiger partial charge on any atom is 0.271 e. The normalized spacial score (nSPS) is 10.5. The fourth-order valence-electron chi connectivity index (χ4n) is 1.95. The highest BCUT2D eigenvalue weighted by Gasteiger charge is 2.12. The van der Waals surface area contributed by atoms with Crippen molar-refractivity contribution in [3.63, 3.8) is 0 Å². The van der Waals surface area contributed by atoms with Gasteiger partial charge in [-0.2, -0.15) is 0 Å². The minimum absolute atomic E-state index is 0.0106. The van der Waals surface area contributed by atoms with Crippen LogP contribution in [0, 0.1) is 17.0 Å². The average Bonchev–Trinajstić information content (AvgIpc) is 2.89. The fraction of sp³-hybridized carbons (Fsp3) is 0.308. The number of imidazole rings is 1. The summed E-state index contributed by atoms with van der Waals surface area (Å²) in [6.07, 6.45) is 6.32. The molecule has 0 aliphatic rings. The highest BCUT2D eigenvalue weighted by atomic mass is 35.5. The molecule has 0 aliphatic heterocycles. The highest BCUT2D eigenvalue weighted by Crippen LogP contribution is 2.30. The first-order chi connectivity index (χ1) is 9.58. The molecule has 0 saturated heterocycles. The van der Waals surface area contributed by atoms with E-state index < -0.39 is 4.92 Å². The zero-order valence-corrected chi connectivity index (χ0v) is 11.8. The van der Waals surface area contributed by atoms with E-state index in [-0.39, 0.29) is 5.69 Å². The van der Waals surface area contributed by atoms with Crippen molar-refractivity contribution in [3.8, 4) is 0 Å².